The van der Waals surface area contributed by atoms with Crippen LogP contribution in [0.1, 0.15) is 39.9 Å². The summed E-state index contributed by atoms with van der Waals surface area (Å²) in [6.07, 6.45) is 3.94. The molecule has 4 aromatic rings. The molecular weight excluding hydrogens is 410 g/mol. The summed E-state index contributed by atoms with van der Waals surface area (Å²) in [5.41, 5.74) is 7.89. The van der Waals surface area contributed by atoms with Gasteiger partial charge in [-0.3, -0.25) is 14.9 Å². The SMILES string of the molecule is C=C(C)CNC(=O)c1ccccc1Nc1ccc2c(C=Cc3cc(C)cc(C)n3)n[nH]c2c1. The summed E-state index contributed by atoms with van der Waals surface area (Å²) < 4.78 is 0. The van der Waals surface area contributed by atoms with Gasteiger partial charge in [-0.2, -0.15) is 5.10 Å². The number of carbonyl (C=O) groups excluding carboxylic acids is 1. The predicted molar refractivity (Wildman–Crippen MR) is 136 cm³/mol. The molecule has 0 fully saturated rings. The van der Waals surface area contributed by atoms with Gasteiger partial charge in [0.05, 0.1) is 28.2 Å². The minimum absolute atomic E-state index is 0.142. The number of amides is 1. The highest BCUT2D eigenvalue weighted by atomic mass is 16.1. The van der Waals surface area contributed by atoms with Crippen molar-refractivity contribution in [3.05, 3.63) is 95.0 Å². The molecule has 0 aliphatic heterocycles. The van der Waals surface area contributed by atoms with Crippen LogP contribution in [0.4, 0.5) is 11.4 Å². The molecule has 0 saturated carbocycles. The average molecular weight is 438 g/mol. The Kier molecular flexibility index (Phi) is 6.36. The summed E-state index contributed by atoms with van der Waals surface area (Å²) in [6.45, 7) is 10.2. The lowest BCUT2D eigenvalue weighted by atomic mass is 10.1. The van der Waals surface area contributed by atoms with Crippen molar-refractivity contribution in [1.82, 2.24) is 20.5 Å². The molecule has 166 valence electrons. The van der Waals surface area contributed by atoms with Crippen molar-refractivity contribution < 1.29 is 4.79 Å². The van der Waals surface area contributed by atoms with Crippen molar-refractivity contribution >= 4 is 40.3 Å². The Morgan fingerprint density at radius 3 is 2.70 bits per heavy atom. The molecule has 1 amide bonds. The molecule has 0 radical (unpaired) electrons. The lowest BCUT2D eigenvalue weighted by molar-refractivity contribution is 0.0958. The maximum atomic E-state index is 12.6. The lowest BCUT2D eigenvalue weighted by Crippen LogP contribution is -2.25. The first kappa shape index (κ1) is 22.0. The van der Waals surface area contributed by atoms with Crippen molar-refractivity contribution in [2.24, 2.45) is 0 Å². The van der Waals surface area contributed by atoms with Gasteiger partial charge in [0.25, 0.3) is 5.91 Å². The van der Waals surface area contributed by atoms with E-state index < -0.39 is 0 Å². The summed E-state index contributed by atoms with van der Waals surface area (Å²) in [5.74, 6) is -0.142. The minimum atomic E-state index is -0.142. The number of aryl methyl sites for hydroxylation is 2. The third kappa shape index (κ3) is 5.36. The Morgan fingerprint density at radius 1 is 1.09 bits per heavy atom. The number of benzene rings is 2. The highest BCUT2D eigenvalue weighted by Crippen LogP contribution is 2.26. The van der Waals surface area contributed by atoms with E-state index in [0.717, 1.165) is 44.9 Å². The van der Waals surface area contributed by atoms with Crippen LogP contribution in [-0.4, -0.2) is 27.6 Å². The van der Waals surface area contributed by atoms with E-state index in [1.807, 2.05) is 68.5 Å². The molecule has 0 saturated heterocycles. The second kappa shape index (κ2) is 9.53. The molecule has 4 rings (SSSR count). The Bertz CT molecular complexity index is 1350. The summed E-state index contributed by atoms with van der Waals surface area (Å²) in [7, 11) is 0. The van der Waals surface area contributed by atoms with Crippen LogP contribution >= 0.6 is 0 Å². The van der Waals surface area contributed by atoms with Gasteiger partial charge >= 0.3 is 0 Å². The van der Waals surface area contributed by atoms with Gasteiger partial charge in [-0.1, -0.05) is 24.3 Å². The van der Waals surface area contributed by atoms with Crippen LogP contribution in [0.3, 0.4) is 0 Å². The van der Waals surface area contributed by atoms with E-state index in [9.17, 15) is 4.79 Å². The number of H-pyrrole nitrogens is 1. The number of nitrogens with zero attached hydrogens (tertiary/aromatic N) is 2. The lowest BCUT2D eigenvalue weighted by Gasteiger charge is -2.12. The first-order valence-corrected chi connectivity index (χ1v) is 10.8. The number of hydrogen-bond donors (Lipinski definition) is 3. The molecule has 0 atom stereocenters. The molecule has 0 bridgehead atoms. The zero-order valence-electron chi connectivity index (χ0n) is 19.1. The quantitative estimate of drug-likeness (QED) is 0.319. The number of aromatic amines is 1. The van der Waals surface area contributed by atoms with Crippen LogP contribution in [0.15, 0.2) is 66.7 Å². The van der Waals surface area contributed by atoms with Crippen LogP contribution in [0.2, 0.25) is 0 Å². The normalized spacial score (nSPS) is 11.1. The van der Waals surface area contributed by atoms with E-state index in [1.54, 1.807) is 6.07 Å². The second-order valence-electron chi connectivity index (χ2n) is 8.22. The maximum Gasteiger partial charge on any atom is 0.253 e. The van der Waals surface area contributed by atoms with Gasteiger partial charge in [-0.05, 0) is 81.0 Å². The minimum Gasteiger partial charge on any atom is -0.355 e. The molecule has 33 heavy (non-hydrogen) atoms. The van der Waals surface area contributed by atoms with Crippen molar-refractivity contribution in [3.63, 3.8) is 0 Å². The molecule has 0 aliphatic rings. The number of carbonyl (C=O) groups is 1. The molecule has 6 heteroatoms. The Morgan fingerprint density at radius 2 is 1.91 bits per heavy atom. The van der Waals surface area contributed by atoms with Gasteiger partial charge in [0.15, 0.2) is 0 Å². The zero-order valence-corrected chi connectivity index (χ0v) is 19.1. The third-order valence-corrected chi connectivity index (χ3v) is 5.12. The zero-order chi connectivity index (χ0) is 23.4. The van der Waals surface area contributed by atoms with E-state index in [1.165, 1.54) is 5.56 Å². The van der Waals surface area contributed by atoms with Crippen LogP contribution in [0.5, 0.6) is 0 Å². The van der Waals surface area contributed by atoms with Gasteiger partial charge in [0.2, 0.25) is 0 Å². The number of para-hydroxylation sites is 1. The van der Waals surface area contributed by atoms with Crippen LogP contribution in [0.25, 0.3) is 23.1 Å². The second-order valence-corrected chi connectivity index (χ2v) is 8.22. The van der Waals surface area contributed by atoms with Gasteiger partial charge in [-0.25, -0.2) is 0 Å². The van der Waals surface area contributed by atoms with E-state index in [0.29, 0.717) is 12.1 Å². The summed E-state index contributed by atoms with van der Waals surface area (Å²) in [5, 5.41) is 14.8. The number of anilines is 2. The van der Waals surface area contributed by atoms with Gasteiger partial charge in [0, 0.05) is 23.3 Å². The number of pyridine rings is 1. The molecule has 6 nitrogen and oxygen atoms in total. The number of nitrogens with one attached hydrogen (secondary N) is 3. The standard InChI is InChI=1S/C27H27N5O/c1-17(2)16-28-27(33)23-7-5-6-8-24(23)30-21-9-11-22-25(31-32-26(22)15-21)12-10-20-14-18(3)13-19(4)29-20/h5-15,30H,1,16H2,2-4H3,(H,28,33)(H,31,32). The van der Waals surface area contributed by atoms with Crippen LogP contribution in [-0.2, 0) is 0 Å². The fraction of sp³-hybridized carbons (Fsp3) is 0.148. The third-order valence-electron chi connectivity index (χ3n) is 5.12. The molecular formula is C27H27N5O. The first-order valence-electron chi connectivity index (χ1n) is 10.8. The van der Waals surface area contributed by atoms with Crippen molar-refractivity contribution in [3.8, 4) is 0 Å². The predicted octanol–water partition coefficient (Wildman–Crippen LogP) is 5.79. The fourth-order valence-corrected chi connectivity index (χ4v) is 3.64. The van der Waals surface area contributed by atoms with Crippen LogP contribution < -0.4 is 10.6 Å². The van der Waals surface area contributed by atoms with E-state index in [4.69, 9.17) is 0 Å². The molecule has 2 aromatic carbocycles. The molecule has 2 heterocycles. The topological polar surface area (TPSA) is 82.7 Å². The Labute approximate surface area is 193 Å². The molecule has 2 aromatic heterocycles. The largest absolute Gasteiger partial charge is 0.355 e. The Hall–Kier alpha value is -4.19. The van der Waals surface area contributed by atoms with Crippen molar-refractivity contribution in [2.45, 2.75) is 20.8 Å². The smallest absolute Gasteiger partial charge is 0.253 e. The summed E-state index contributed by atoms with van der Waals surface area (Å²) in [4.78, 5) is 17.1. The molecule has 0 unspecified atom stereocenters. The first-order chi connectivity index (χ1) is 15.9. The van der Waals surface area contributed by atoms with Crippen molar-refractivity contribution in [1.29, 1.82) is 0 Å². The van der Waals surface area contributed by atoms with E-state index >= 15 is 0 Å². The molecule has 0 spiro atoms. The number of fused-ring (bicyclic) bond motifs is 1. The average Bonchev–Trinajstić information content (AvgIpc) is 3.18. The number of aromatic nitrogens is 3. The molecule has 0 aliphatic carbocycles. The molecule has 3 N–H and O–H groups in total. The maximum absolute atomic E-state index is 12.6. The Balaban J connectivity index is 1.55. The number of rotatable bonds is 7. The highest BCUT2D eigenvalue weighted by Gasteiger charge is 2.11. The number of hydrogen-bond acceptors (Lipinski definition) is 4. The van der Waals surface area contributed by atoms with Gasteiger partial charge in [-0.15, -0.1) is 0 Å². The summed E-state index contributed by atoms with van der Waals surface area (Å²) in [6, 6.07) is 17.5. The fourth-order valence-electron chi connectivity index (χ4n) is 3.64. The summed E-state index contributed by atoms with van der Waals surface area (Å²) >= 11 is 0. The van der Waals surface area contributed by atoms with Crippen LogP contribution in [0, 0.1) is 13.8 Å². The van der Waals surface area contributed by atoms with Gasteiger partial charge < -0.3 is 10.6 Å². The van der Waals surface area contributed by atoms with E-state index in [2.05, 4.69) is 45.4 Å². The van der Waals surface area contributed by atoms with E-state index in [-0.39, 0.29) is 5.91 Å². The highest BCUT2D eigenvalue weighted by molar-refractivity contribution is 6.00. The van der Waals surface area contributed by atoms with Crippen molar-refractivity contribution in [2.75, 3.05) is 11.9 Å². The van der Waals surface area contributed by atoms with Gasteiger partial charge in [0.1, 0.15) is 0 Å². The monoisotopic (exact) mass is 437 g/mol.